The zero-order valence-electron chi connectivity index (χ0n) is 15.4. The molecule has 29 heavy (non-hydrogen) atoms. The van der Waals surface area contributed by atoms with E-state index >= 15 is 0 Å². The summed E-state index contributed by atoms with van der Waals surface area (Å²) in [5.41, 5.74) is 2.46. The van der Waals surface area contributed by atoms with E-state index in [-0.39, 0.29) is 10.8 Å². The summed E-state index contributed by atoms with van der Waals surface area (Å²) in [4.78, 5) is 16.7. The Labute approximate surface area is 171 Å². The normalized spacial score (nSPS) is 11.5. The Morgan fingerprint density at radius 2 is 1.93 bits per heavy atom. The van der Waals surface area contributed by atoms with Crippen LogP contribution >= 0.6 is 11.3 Å². The van der Waals surface area contributed by atoms with E-state index in [0.717, 1.165) is 16.1 Å². The van der Waals surface area contributed by atoms with Crippen LogP contribution in [0.5, 0.6) is 0 Å². The van der Waals surface area contributed by atoms with Crippen LogP contribution in [0.3, 0.4) is 0 Å². The van der Waals surface area contributed by atoms with Crippen LogP contribution in [-0.4, -0.2) is 30.4 Å². The summed E-state index contributed by atoms with van der Waals surface area (Å²) >= 11 is 1.18. The van der Waals surface area contributed by atoms with Crippen LogP contribution in [0.15, 0.2) is 71.3 Å². The van der Waals surface area contributed by atoms with Gasteiger partial charge in [0.1, 0.15) is 9.86 Å². The maximum Gasteiger partial charge on any atom is 0.338 e. The molecule has 148 valence electrons. The summed E-state index contributed by atoms with van der Waals surface area (Å²) in [6.45, 7) is 2.00. The number of esters is 1. The molecule has 0 bridgehead atoms. The van der Waals surface area contributed by atoms with Crippen LogP contribution < -0.4 is 4.72 Å². The molecule has 0 aliphatic heterocycles. The molecule has 3 aromatic heterocycles. The topological polar surface area (TPSA) is 89.8 Å². The molecule has 0 unspecified atom stereocenters. The third-order valence-corrected chi connectivity index (χ3v) is 7.18. The third kappa shape index (κ3) is 4.01. The fourth-order valence-corrected chi connectivity index (χ4v) is 5.13. The van der Waals surface area contributed by atoms with Gasteiger partial charge in [0.05, 0.1) is 12.2 Å². The number of nitrogens with zero attached hydrogens (tertiary/aromatic N) is 2. The van der Waals surface area contributed by atoms with Gasteiger partial charge in [0, 0.05) is 34.7 Å². The fourth-order valence-electron chi connectivity index (χ4n) is 2.78. The molecule has 0 saturated carbocycles. The van der Waals surface area contributed by atoms with Gasteiger partial charge in [0.15, 0.2) is 0 Å². The monoisotopic (exact) mass is 427 g/mol. The second kappa shape index (κ2) is 7.69. The SMILES string of the molecule is CCOC(=O)c1ccc(NS(=O)(=O)c2ccc(-c3ccc4nccn4c3)s2)cc1. The van der Waals surface area contributed by atoms with Crippen LogP contribution in [0, 0.1) is 0 Å². The van der Waals surface area contributed by atoms with Crippen molar-refractivity contribution in [1.29, 1.82) is 0 Å². The van der Waals surface area contributed by atoms with Gasteiger partial charge in [-0.2, -0.15) is 0 Å². The number of pyridine rings is 1. The number of aromatic nitrogens is 2. The van der Waals surface area contributed by atoms with Crippen LogP contribution in [-0.2, 0) is 14.8 Å². The Hall–Kier alpha value is -3.17. The molecule has 1 N–H and O–H groups in total. The van der Waals surface area contributed by atoms with Gasteiger partial charge < -0.3 is 9.14 Å². The molecule has 7 nitrogen and oxygen atoms in total. The molecular formula is C20H17N3O4S2. The van der Waals surface area contributed by atoms with Crippen LogP contribution in [0.25, 0.3) is 16.1 Å². The number of imidazole rings is 1. The van der Waals surface area contributed by atoms with Crippen LogP contribution in [0.4, 0.5) is 5.69 Å². The van der Waals surface area contributed by atoms with Gasteiger partial charge in [-0.05, 0) is 55.5 Å². The molecule has 0 radical (unpaired) electrons. The number of nitrogens with one attached hydrogen (secondary N) is 1. The van der Waals surface area contributed by atoms with Crippen molar-refractivity contribution in [3.05, 3.63) is 72.7 Å². The highest BCUT2D eigenvalue weighted by Crippen LogP contribution is 2.31. The number of sulfonamides is 1. The number of benzene rings is 1. The number of fused-ring (bicyclic) bond motifs is 1. The lowest BCUT2D eigenvalue weighted by molar-refractivity contribution is 0.0526. The average molecular weight is 428 g/mol. The highest BCUT2D eigenvalue weighted by Gasteiger charge is 2.18. The summed E-state index contributed by atoms with van der Waals surface area (Å²) in [6.07, 6.45) is 5.46. The van der Waals surface area contributed by atoms with Crippen molar-refractivity contribution in [1.82, 2.24) is 9.38 Å². The average Bonchev–Trinajstić information content (AvgIpc) is 3.38. The minimum absolute atomic E-state index is 0.202. The van der Waals surface area contributed by atoms with Crippen molar-refractivity contribution < 1.29 is 17.9 Å². The molecule has 0 saturated heterocycles. The Kier molecular flexibility index (Phi) is 5.08. The lowest BCUT2D eigenvalue weighted by Crippen LogP contribution is -2.11. The molecule has 0 aliphatic carbocycles. The van der Waals surface area contributed by atoms with Crippen LogP contribution in [0.2, 0.25) is 0 Å². The highest BCUT2D eigenvalue weighted by atomic mass is 32.2. The number of carbonyl (C=O) groups excluding carboxylic acids is 1. The number of hydrogen-bond donors (Lipinski definition) is 1. The Morgan fingerprint density at radius 3 is 2.69 bits per heavy atom. The van der Waals surface area contributed by atoms with E-state index in [9.17, 15) is 13.2 Å². The van der Waals surface area contributed by atoms with Crippen molar-refractivity contribution in [2.24, 2.45) is 0 Å². The second-order valence-electron chi connectivity index (χ2n) is 6.13. The summed E-state index contributed by atoms with van der Waals surface area (Å²) < 4.78 is 35.0. The van der Waals surface area contributed by atoms with Crippen LogP contribution in [0.1, 0.15) is 17.3 Å². The maximum atomic E-state index is 12.7. The standard InChI is InChI=1S/C20H17N3O4S2/c1-2-27-20(24)14-3-6-16(7-4-14)22-29(25,26)19-10-8-17(28-19)15-5-9-18-21-11-12-23(18)13-15/h3-13,22H,2H2,1H3. The van der Waals surface area contributed by atoms with Crippen molar-refractivity contribution in [2.75, 3.05) is 11.3 Å². The van der Waals surface area contributed by atoms with E-state index < -0.39 is 16.0 Å². The van der Waals surface area contributed by atoms with Gasteiger partial charge in [-0.3, -0.25) is 4.72 Å². The molecule has 1 aromatic carbocycles. The van der Waals surface area contributed by atoms with Crippen molar-refractivity contribution in [3.63, 3.8) is 0 Å². The summed E-state index contributed by atoms with van der Waals surface area (Å²) in [7, 11) is -3.74. The number of carbonyl (C=O) groups is 1. The van der Waals surface area contributed by atoms with Gasteiger partial charge in [-0.25, -0.2) is 18.2 Å². The number of thiophene rings is 1. The molecule has 3 heterocycles. The van der Waals surface area contributed by atoms with E-state index in [1.54, 1.807) is 25.3 Å². The Balaban J connectivity index is 1.54. The molecule has 9 heteroatoms. The second-order valence-corrected chi connectivity index (χ2v) is 9.13. The van der Waals surface area contributed by atoms with E-state index in [1.807, 2.05) is 28.9 Å². The van der Waals surface area contributed by atoms with Crippen molar-refractivity contribution >= 4 is 38.7 Å². The molecule has 4 rings (SSSR count). The molecule has 4 aromatic rings. The molecule has 0 fully saturated rings. The van der Waals surface area contributed by atoms with E-state index in [0.29, 0.717) is 11.3 Å². The number of rotatable bonds is 6. The van der Waals surface area contributed by atoms with Gasteiger partial charge in [0.25, 0.3) is 10.0 Å². The molecular weight excluding hydrogens is 410 g/mol. The highest BCUT2D eigenvalue weighted by molar-refractivity contribution is 7.94. The van der Waals surface area contributed by atoms with Crippen molar-refractivity contribution in [3.8, 4) is 10.4 Å². The first-order valence-corrected chi connectivity index (χ1v) is 11.1. The number of ether oxygens (including phenoxy) is 1. The lowest BCUT2D eigenvalue weighted by atomic mass is 10.2. The van der Waals surface area contributed by atoms with Crippen molar-refractivity contribution in [2.45, 2.75) is 11.1 Å². The van der Waals surface area contributed by atoms with E-state index in [1.165, 1.54) is 35.6 Å². The minimum Gasteiger partial charge on any atom is -0.462 e. The minimum atomic E-state index is -3.74. The summed E-state index contributed by atoms with van der Waals surface area (Å²) in [5, 5.41) is 0. The van der Waals surface area contributed by atoms with E-state index in [4.69, 9.17) is 4.74 Å². The molecule has 0 spiro atoms. The number of anilines is 1. The Bertz CT molecular complexity index is 1270. The zero-order valence-corrected chi connectivity index (χ0v) is 17.0. The van der Waals surface area contributed by atoms with Gasteiger partial charge >= 0.3 is 5.97 Å². The molecule has 0 aliphatic rings. The summed E-state index contributed by atoms with van der Waals surface area (Å²) in [6, 6.07) is 13.3. The quantitative estimate of drug-likeness (QED) is 0.469. The zero-order chi connectivity index (χ0) is 20.4. The predicted octanol–water partition coefficient (Wildman–Crippen LogP) is 4.04. The van der Waals surface area contributed by atoms with Gasteiger partial charge in [-0.15, -0.1) is 11.3 Å². The van der Waals surface area contributed by atoms with Gasteiger partial charge in [0.2, 0.25) is 0 Å². The fraction of sp³-hybridized carbons (Fsp3) is 0.100. The molecule has 0 atom stereocenters. The number of hydrogen-bond acceptors (Lipinski definition) is 6. The molecule has 0 amide bonds. The third-order valence-electron chi connectivity index (χ3n) is 4.17. The first-order valence-electron chi connectivity index (χ1n) is 8.79. The lowest BCUT2D eigenvalue weighted by Gasteiger charge is -2.07. The summed E-state index contributed by atoms with van der Waals surface area (Å²) in [5.74, 6) is -0.445. The largest absolute Gasteiger partial charge is 0.462 e. The first kappa shape index (κ1) is 19.2. The Morgan fingerprint density at radius 1 is 1.14 bits per heavy atom. The first-order chi connectivity index (χ1) is 14.0. The smallest absolute Gasteiger partial charge is 0.338 e. The predicted molar refractivity (Wildman–Crippen MR) is 112 cm³/mol. The van der Waals surface area contributed by atoms with Gasteiger partial charge in [-0.1, -0.05) is 0 Å². The van der Waals surface area contributed by atoms with E-state index in [2.05, 4.69) is 9.71 Å². The maximum absolute atomic E-state index is 12.7.